The van der Waals surface area contributed by atoms with Gasteiger partial charge in [0.05, 0.1) is 5.56 Å². The lowest BCUT2D eigenvalue weighted by molar-refractivity contribution is -0.133. The van der Waals surface area contributed by atoms with Crippen LogP contribution in [0.15, 0.2) is 11.4 Å². The van der Waals surface area contributed by atoms with Crippen molar-refractivity contribution in [1.29, 1.82) is 0 Å². The van der Waals surface area contributed by atoms with Gasteiger partial charge >= 0.3 is 0 Å². The average molecular weight is 294 g/mol. The molecule has 5 heteroatoms. The maximum absolute atomic E-state index is 12.7. The molecule has 0 spiro atoms. The number of hydrogen-bond donors (Lipinski definition) is 1. The lowest BCUT2D eigenvalue weighted by atomic mass is 9.93. The van der Waals surface area contributed by atoms with Crippen molar-refractivity contribution in [3.8, 4) is 0 Å². The van der Waals surface area contributed by atoms with Crippen molar-refractivity contribution in [2.24, 2.45) is 0 Å². The van der Waals surface area contributed by atoms with Gasteiger partial charge in [0, 0.05) is 23.3 Å². The van der Waals surface area contributed by atoms with E-state index in [1.165, 1.54) is 4.88 Å². The molecule has 4 nitrogen and oxygen atoms in total. The van der Waals surface area contributed by atoms with Gasteiger partial charge in [-0.05, 0) is 25.3 Å². The number of thiophene rings is 1. The smallest absolute Gasteiger partial charge is 0.255 e. The van der Waals surface area contributed by atoms with Gasteiger partial charge in [-0.25, -0.2) is 0 Å². The Bertz CT molecular complexity index is 540. The summed E-state index contributed by atoms with van der Waals surface area (Å²) < 4.78 is 0. The SMILES string of the molecule is CC(C)(C)c1cc(C(=O)N2CCNC(=O)C2(C)C)cs1. The lowest BCUT2D eigenvalue weighted by Crippen LogP contribution is -2.63. The predicted octanol–water partition coefficient (Wildman–Crippen LogP) is 2.40. The average Bonchev–Trinajstić information content (AvgIpc) is 2.81. The summed E-state index contributed by atoms with van der Waals surface area (Å²) in [5, 5.41) is 4.70. The summed E-state index contributed by atoms with van der Waals surface area (Å²) in [5.41, 5.74) is -0.0698. The van der Waals surface area contributed by atoms with E-state index < -0.39 is 5.54 Å². The van der Waals surface area contributed by atoms with Gasteiger partial charge in [0.25, 0.3) is 5.91 Å². The van der Waals surface area contributed by atoms with Gasteiger partial charge in [-0.1, -0.05) is 20.8 Å². The van der Waals surface area contributed by atoms with Gasteiger partial charge in [0.2, 0.25) is 5.91 Å². The van der Waals surface area contributed by atoms with Crippen molar-refractivity contribution in [3.05, 3.63) is 21.9 Å². The summed E-state index contributed by atoms with van der Waals surface area (Å²) in [6.07, 6.45) is 0. The first-order chi connectivity index (χ1) is 9.14. The Hall–Kier alpha value is -1.36. The number of rotatable bonds is 1. The maximum Gasteiger partial charge on any atom is 0.255 e. The van der Waals surface area contributed by atoms with Crippen molar-refractivity contribution in [3.63, 3.8) is 0 Å². The van der Waals surface area contributed by atoms with Gasteiger partial charge in [-0.15, -0.1) is 11.3 Å². The monoisotopic (exact) mass is 294 g/mol. The third-order valence-electron chi connectivity index (χ3n) is 3.68. The third-order valence-corrected chi connectivity index (χ3v) is 5.04. The number of hydrogen-bond acceptors (Lipinski definition) is 3. The number of nitrogens with zero attached hydrogens (tertiary/aromatic N) is 1. The Balaban J connectivity index is 2.27. The number of nitrogens with one attached hydrogen (secondary N) is 1. The first kappa shape index (κ1) is 15.0. The van der Waals surface area contributed by atoms with Crippen LogP contribution in [0.2, 0.25) is 0 Å². The van der Waals surface area contributed by atoms with E-state index in [4.69, 9.17) is 0 Å². The molecular formula is C15H22N2O2S. The van der Waals surface area contributed by atoms with E-state index in [0.29, 0.717) is 18.7 Å². The molecule has 20 heavy (non-hydrogen) atoms. The summed E-state index contributed by atoms with van der Waals surface area (Å²) in [6, 6.07) is 1.95. The number of amides is 2. The van der Waals surface area contributed by atoms with Crippen molar-refractivity contribution in [1.82, 2.24) is 10.2 Å². The van der Waals surface area contributed by atoms with Crippen LogP contribution in [0.5, 0.6) is 0 Å². The Kier molecular flexibility index (Phi) is 3.67. The molecule has 2 rings (SSSR count). The number of carbonyl (C=O) groups is 2. The van der Waals surface area contributed by atoms with Gasteiger partial charge in [0.1, 0.15) is 5.54 Å². The van der Waals surface area contributed by atoms with Crippen LogP contribution in [-0.4, -0.2) is 35.3 Å². The first-order valence-corrected chi connectivity index (χ1v) is 7.71. The minimum absolute atomic E-state index is 0.0397. The highest BCUT2D eigenvalue weighted by molar-refractivity contribution is 7.10. The quantitative estimate of drug-likeness (QED) is 0.864. The van der Waals surface area contributed by atoms with Crippen LogP contribution in [0.3, 0.4) is 0 Å². The second kappa shape index (κ2) is 4.88. The molecule has 1 aliphatic heterocycles. The summed E-state index contributed by atoms with van der Waals surface area (Å²) >= 11 is 1.60. The van der Waals surface area contributed by atoms with E-state index in [2.05, 4.69) is 26.1 Å². The second-order valence-electron chi connectivity index (χ2n) is 6.72. The molecule has 0 saturated carbocycles. The fourth-order valence-corrected chi connectivity index (χ4v) is 3.22. The van der Waals surface area contributed by atoms with E-state index in [-0.39, 0.29) is 17.2 Å². The van der Waals surface area contributed by atoms with E-state index >= 15 is 0 Å². The molecule has 1 aromatic heterocycles. The largest absolute Gasteiger partial charge is 0.352 e. The summed E-state index contributed by atoms with van der Waals surface area (Å²) in [5.74, 6) is -0.153. The van der Waals surface area contributed by atoms with Crippen LogP contribution in [0.4, 0.5) is 0 Å². The van der Waals surface area contributed by atoms with E-state index in [1.807, 2.05) is 11.4 Å². The molecule has 0 radical (unpaired) electrons. The van der Waals surface area contributed by atoms with Crippen molar-refractivity contribution in [2.75, 3.05) is 13.1 Å². The fraction of sp³-hybridized carbons (Fsp3) is 0.600. The van der Waals surface area contributed by atoms with Crippen LogP contribution in [0.25, 0.3) is 0 Å². The van der Waals surface area contributed by atoms with Crippen molar-refractivity contribution >= 4 is 23.2 Å². The highest BCUT2D eigenvalue weighted by Crippen LogP contribution is 2.30. The number of carbonyl (C=O) groups excluding carboxylic acids is 2. The van der Waals surface area contributed by atoms with Crippen LogP contribution in [0.1, 0.15) is 49.9 Å². The molecule has 1 N–H and O–H groups in total. The summed E-state index contributed by atoms with van der Waals surface area (Å²) in [4.78, 5) is 27.4. The van der Waals surface area contributed by atoms with E-state index in [9.17, 15) is 9.59 Å². The van der Waals surface area contributed by atoms with Crippen LogP contribution in [-0.2, 0) is 10.2 Å². The van der Waals surface area contributed by atoms with Crippen LogP contribution in [0, 0.1) is 0 Å². The van der Waals surface area contributed by atoms with Crippen molar-refractivity contribution in [2.45, 2.75) is 45.6 Å². The minimum atomic E-state index is -0.792. The fourth-order valence-electron chi connectivity index (χ4n) is 2.25. The molecule has 2 heterocycles. The topological polar surface area (TPSA) is 49.4 Å². The normalized spacial score (nSPS) is 18.9. The Morgan fingerprint density at radius 3 is 2.60 bits per heavy atom. The lowest BCUT2D eigenvalue weighted by Gasteiger charge is -2.41. The molecule has 0 unspecified atom stereocenters. The standard InChI is InChI=1S/C15H22N2O2S/c1-14(2,3)11-8-10(9-20-11)12(18)17-7-6-16-13(19)15(17,4)5/h8-9H,6-7H2,1-5H3,(H,16,19). The molecule has 0 aromatic carbocycles. The maximum atomic E-state index is 12.7. The zero-order valence-corrected chi connectivity index (χ0v) is 13.6. The number of piperazine rings is 1. The summed E-state index contributed by atoms with van der Waals surface area (Å²) in [6.45, 7) is 11.0. The second-order valence-corrected chi connectivity index (χ2v) is 7.63. The van der Waals surface area contributed by atoms with E-state index in [0.717, 1.165) is 0 Å². The van der Waals surface area contributed by atoms with Gasteiger partial charge in [-0.2, -0.15) is 0 Å². The predicted molar refractivity (Wildman–Crippen MR) is 81.1 cm³/mol. The Morgan fingerprint density at radius 1 is 1.40 bits per heavy atom. The van der Waals surface area contributed by atoms with E-state index in [1.54, 1.807) is 30.1 Å². The Labute approximate surface area is 124 Å². The molecule has 0 aliphatic carbocycles. The highest BCUT2D eigenvalue weighted by Gasteiger charge is 2.41. The molecule has 0 bridgehead atoms. The Morgan fingerprint density at radius 2 is 2.05 bits per heavy atom. The molecule has 1 aromatic rings. The van der Waals surface area contributed by atoms with Gasteiger partial charge < -0.3 is 10.2 Å². The molecule has 2 amide bonds. The highest BCUT2D eigenvalue weighted by atomic mass is 32.1. The van der Waals surface area contributed by atoms with Gasteiger partial charge in [0.15, 0.2) is 0 Å². The zero-order chi connectivity index (χ0) is 15.1. The molecule has 1 fully saturated rings. The molecule has 1 saturated heterocycles. The van der Waals surface area contributed by atoms with Crippen LogP contribution >= 0.6 is 11.3 Å². The molecule has 1 aliphatic rings. The van der Waals surface area contributed by atoms with Gasteiger partial charge in [-0.3, -0.25) is 9.59 Å². The van der Waals surface area contributed by atoms with Crippen molar-refractivity contribution < 1.29 is 9.59 Å². The molecular weight excluding hydrogens is 272 g/mol. The molecule has 0 atom stereocenters. The summed E-state index contributed by atoms with van der Waals surface area (Å²) in [7, 11) is 0. The molecule has 110 valence electrons. The van der Waals surface area contributed by atoms with Crippen LogP contribution < -0.4 is 5.32 Å². The zero-order valence-electron chi connectivity index (χ0n) is 12.7. The third kappa shape index (κ3) is 2.59. The minimum Gasteiger partial charge on any atom is -0.352 e. The first-order valence-electron chi connectivity index (χ1n) is 6.83.